The Balaban J connectivity index is 2.26. The number of carboxylic acids is 1. The van der Waals surface area contributed by atoms with Crippen molar-refractivity contribution in [3.63, 3.8) is 0 Å². The van der Waals surface area contributed by atoms with Crippen LogP contribution in [0.3, 0.4) is 0 Å². The monoisotopic (exact) mass is 298 g/mol. The normalized spacial score (nSPS) is 18.1. The Hall–Kier alpha value is -1.95. The fourth-order valence-corrected chi connectivity index (χ4v) is 2.39. The molecule has 1 fully saturated rings. The van der Waals surface area contributed by atoms with Crippen molar-refractivity contribution in [2.24, 2.45) is 5.92 Å². The number of carbonyl (C=O) groups excluding carboxylic acids is 1. The smallest absolute Gasteiger partial charge is 0.308 e. The van der Waals surface area contributed by atoms with E-state index in [1.807, 2.05) is 0 Å². The maximum atomic E-state index is 12.4. The second-order valence-corrected chi connectivity index (χ2v) is 5.06. The molecule has 1 unspecified atom stereocenters. The molecule has 0 radical (unpaired) electrons. The van der Waals surface area contributed by atoms with Crippen molar-refractivity contribution in [2.45, 2.75) is 6.42 Å². The van der Waals surface area contributed by atoms with Crippen LogP contribution in [-0.2, 0) is 4.79 Å². The largest absolute Gasteiger partial charge is 0.496 e. The number of hydrogen-bond donors (Lipinski definition) is 2. The number of hydrogen-bond acceptors (Lipinski definition) is 4. The number of likely N-dealkylation sites (tertiary alicyclic amines) is 1. The summed E-state index contributed by atoms with van der Waals surface area (Å²) in [5, 5.41) is 9.23. The summed E-state index contributed by atoms with van der Waals surface area (Å²) in [6.07, 6.45) is 0.450. The lowest BCUT2D eigenvalue weighted by atomic mass is 10.1. The minimum Gasteiger partial charge on any atom is -0.496 e. The Morgan fingerprint density at radius 3 is 2.75 bits per heavy atom. The summed E-state index contributed by atoms with van der Waals surface area (Å²) < 4.78 is 5.13. The number of amides is 1. The number of nitrogens with two attached hydrogens (primary N) is 1. The van der Waals surface area contributed by atoms with E-state index in [1.54, 1.807) is 0 Å². The Kier molecular flexibility index (Phi) is 4.04. The highest BCUT2D eigenvalue weighted by Gasteiger charge is 2.32. The highest BCUT2D eigenvalue weighted by atomic mass is 35.5. The number of carbonyl (C=O) groups is 2. The van der Waals surface area contributed by atoms with Crippen molar-refractivity contribution in [1.82, 2.24) is 4.90 Å². The minimum atomic E-state index is -0.886. The molecule has 3 N–H and O–H groups in total. The van der Waals surface area contributed by atoms with Crippen LogP contribution in [0.5, 0.6) is 5.75 Å². The zero-order valence-corrected chi connectivity index (χ0v) is 11.7. The molecule has 1 heterocycles. The van der Waals surface area contributed by atoms with Crippen LogP contribution in [0.2, 0.25) is 5.02 Å². The second-order valence-electron chi connectivity index (χ2n) is 4.65. The summed E-state index contributed by atoms with van der Waals surface area (Å²) in [4.78, 5) is 24.8. The fourth-order valence-electron chi connectivity index (χ4n) is 2.22. The molecule has 1 amide bonds. The lowest BCUT2D eigenvalue weighted by molar-refractivity contribution is -0.141. The molecule has 7 heteroatoms. The number of ether oxygens (including phenoxy) is 1. The van der Waals surface area contributed by atoms with Crippen LogP contribution in [0, 0.1) is 5.92 Å². The Bertz CT molecular complexity index is 562. The van der Waals surface area contributed by atoms with E-state index in [4.69, 9.17) is 27.2 Å². The lowest BCUT2D eigenvalue weighted by Crippen LogP contribution is -2.30. The van der Waals surface area contributed by atoms with Gasteiger partial charge in [0, 0.05) is 19.2 Å². The number of carboxylic acid groups (broad SMARTS) is 1. The zero-order chi connectivity index (χ0) is 14.9. The number of aliphatic carboxylic acids is 1. The van der Waals surface area contributed by atoms with Gasteiger partial charge in [0.15, 0.2) is 0 Å². The van der Waals surface area contributed by atoms with E-state index in [2.05, 4.69) is 0 Å². The van der Waals surface area contributed by atoms with Crippen molar-refractivity contribution in [3.05, 3.63) is 22.7 Å². The Labute approximate surface area is 121 Å². The molecule has 20 heavy (non-hydrogen) atoms. The highest BCUT2D eigenvalue weighted by molar-refractivity contribution is 6.33. The van der Waals surface area contributed by atoms with Gasteiger partial charge in [-0.2, -0.15) is 0 Å². The molecule has 0 aliphatic carbocycles. The average Bonchev–Trinajstić information content (AvgIpc) is 2.90. The molecule has 1 aliphatic heterocycles. The van der Waals surface area contributed by atoms with Crippen LogP contribution in [0.25, 0.3) is 0 Å². The van der Waals surface area contributed by atoms with Gasteiger partial charge in [-0.3, -0.25) is 9.59 Å². The van der Waals surface area contributed by atoms with Gasteiger partial charge < -0.3 is 20.5 Å². The van der Waals surface area contributed by atoms with Gasteiger partial charge >= 0.3 is 5.97 Å². The van der Waals surface area contributed by atoms with E-state index in [9.17, 15) is 9.59 Å². The molecule has 2 rings (SSSR count). The summed E-state index contributed by atoms with van der Waals surface area (Å²) in [7, 11) is 1.43. The van der Waals surface area contributed by atoms with Crippen LogP contribution >= 0.6 is 11.6 Å². The van der Waals surface area contributed by atoms with Crippen LogP contribution in [-0.4, -0.2) is 42.1 Å². The maximum Gasteiger partial charge on any atom is 0.308 e. The summed E-state index contributed by atoms with van der Waals surface area (Å²) >= 11 is 5.93. The number of methoxy groups -OCH3 is 1. The van der Waals surface area contributed by atoms with Crippen LogP contribution in [0.4, 0.5) is 5.69 Å². The van der Waals surface area contributed by atoms with E-state index >= 15 is 0 Å². The molecule has 1 saturated heterocycles. The Morgan fingerprint density at radius 2 is 2.20 bits per heavy atom. The van der Waals surface area contributed by atoms with E-state index in [-0.39, 0.29) is 23.0 Å². The summed E-state index contributed by atoms with van der Waals surface area (Å²) in [6.45, 7) is 0.597. The molecule has 6 nitrogen and oxygen atoms in total. The topological polar surface area (TPSA) is 92.9 Å². The third-order valence-electron chi connectivity index (χ3n) is 3.37. The molecular weight excluding hydrogens is 284 g/mol. The molecule has 0 aromatic heterocycles. The molecule has 1 aromatic carbocycles. The Morgan fingerprint density at radius 1 is 1.50 bits per heavy atom. The van der Waals surface area contributed by atoms with Crippen LogP contribution in [0.15, 0.2) is 12.1 Å². The first-order valence-electron chi connectivity index (χ1n) is 6.09. The summed E-state index contributed by atoms with van der Waals surface area (Å²) in [6, 6.07) is 2.94. The predicted molar refractivity (Wildman–Crippen MR) is 74.1 cm³/mol. The van der Waals surface area contributed by atoms with Crippen molar-refractivity contribution < 1.29 is 19.4 Å². The van der Waals surface area contributed by atoms with Crippen LogP contribution < -0.4 is 10.5 Å². The van der Waals surface area contributed by atoms with Crippen molar-refractivity contribution >= 4 is 29.2 Å². The predicted octanol–water partition coefficient (Wildman–Crippen LogP) is 1.48. The van der Waals surface area contributed by atoms with E-state index < -0.39 is 11.9 Å². The molecule has 0 spiro atoms. The van der Waals surface area contributed by atoms with Gasteiger partial charge in [-0.1, -0.05) is 11.6 Å². The molecule has 0 bridgehead atoms. The standard InChI is InChI=1S/C13H15ClN2O4/c1-20-11-5-10(15)9(14)4-8(11)12(17)16-3-2-7(6-16)13(18)19/h4-5,7H,2-3,6,15H2,1H3,(H,18,19). The third-order valence-corrected chi connectivity index (χ3v) is 3.70. The molecule has 108 valence electrons. The molecule has 1 aliphatic rings. The molecule has 1 aromatic rings. The number of anilines is 1. The number of halogens is 1. The third kappa shape index (κ3) is 2.65. The SMILES string of the molecule is COc1cc(N)c(Cl)cc1C(=O)N1CCC(C(=O)O)C1. The van der Waals surface area contributed by atoms with E-state index in [0.29, 0.717) is 24.4 Å². The van der Waals surface area contributed by atoms with Gasteiger partial charge in [0.25, 0.3) is 5.91 Å². The minimum absolute atomic E-state index is 0.194. The van der Waals surface area contributed by atoms with Crippen molar-refractivity contribution in [3.8, 4) is 5.75 Å². The molecular formula is C13H15ClN2O4. The average molecular weight is 299 g/mol. The maximum absolute atomic E-state index is 12.4. The number of nitrogens with zero attached hydrogens (tertiary/aromatic N) is 1. The van der Waals surface area contributed by atoms with Crippen molar-refractivity contribution in [2.75, 3.05) is 25.9 Å². The highest BCUT2D eigenvalue weighted by Crippen LogP contribution is 2.31. The van der Waals surface area contributed by atoms with Gasteiger partial charge in [-0.15, -0.1) is 0 Å². The number of benzene rings is 1. The van der Waals surface area contributed by atoms with Gasteiger partial charge in [0.2, 0.25) is 0 Å². The summed E-state index contributed by atoms with van der Waals surface area (Å²) in [5.74, 6) is -1.38. The first kappa shape index (κ1) is 14.5. The van der Waals surface area contributed by atoms with Gasteiger partial charge in [-0.05, 0) is 12.5 Å². The van der Waals surface area contributed by atoms with Crippen LogP contribution in [0.1, 0.15) is 16.8 Å². The zero-order valence-electron chi connectivity index (χ0n) is 10.9. The number of rotatable bonds is 3. The molecule has 0 saturated carbocycles. The second kappa shape index (κ2) is 5.58. The molecule has 1 atom stereocenters. The number of nitrogen functional groups attached to an aromatic ring is 1. The lowest BCUT2D eigenvalue weighted by Gasteiger charge is -2.18. The quantitative estimate of drug-likeness (QED) is 0.825. The fraction of sp³-hybridized carbons (Fsp3) is 0.385. The van der Waals surface area contributed by atoms with Gasteiger partial charge in [0.05, 0.1) is 29.3 Å². The van der Waals surface area contributed by atoms with E-state index in [0.717, 1.165) is 0 Å². The first-order chi connectivity index (χ1) is 9.43. The van der Waals surface area contributed by atoms with Gasteiger partial charge in [0.1, 0.15) is 5.75 Å². The van der Waals surface area contributed by atoms with Crippen molar-refractivity contribution in [1.29, 1.82) is 0 Å². The first-order valence-corrected chi connectivity index (χ1v) is 6.47. The van der Waals surface area contributed by atoms with Gasteiger partial charge in [-0.25, -0.2) is 0 Å². The summed E-state index contributed by atoms with van der Waals surface area (Å²) in [5.41, 5.74) is 6.28. The van der Waals surface area contributed by atoms with E-state index in [1.165, 1.54) is 24.1 Å².